The number of hydrogen-bond acceptors (Lipinski definition) is 7. The van der Waals surface area contributed by atoms with E-state index in [-0.39, 0.29) is 35.6 Å². The van der Waals surface area contributed by atoms with Crippen LogP contribution in [0.15, 0.2) is 66.0 Å². The minimum absolute atomic E-state index is 0.000426. The van der Waals surface area contributed by atoms with Gasteiger partial charge in [-0.2, -0.15) is 13.9 Å². The maximum absolute atomic E-state index is 12.7. The van der Waals surface area contributed by atoms with E-state index in [2.05, 4.69) is 30.4 Å². The molecule has 0 aliphatic heterocycles. The maximum atomic E-state index is 12.7. The quantitative estimate of drug-likeness (QED) is 0.157. The van der Waals surface area contributed by atoms with E-state index in [0.29, 0.717) is 11.1 Å². The number of amidine groups is 1. The van der Waals surface area contributed by atoms with Crippen LogP contribution in [0.4, 0.5) is 8.78 Å². The second kappa shape index (κ2) is 11.5. The van der Waals surface area contributed by atoms with Crippen molar-refractivity contribution in [1.82, 2.24) is 20.6 Å². The monoisotopic (exact) mass is 483 g/mol. The standard InChI is InChI=1S/C23H23F2N7O3/c1-13(15-5-7-16(8-6-15)20(26)32-27)31-22(34)19-10-18(29-12-30-19)21(33)28-11-14-3-2-4-17(9-14)35-23(24)25/h2-10,12-13,23H,11,27H2,1H3,(H2,26,32)(H,28,33)(H,31,34). The van der Waals surface area contributed by atoms with Crippen LogP contribution in [0.3, 0.4) is 0 Å². The van der Waals surface area contributed by atoms with E-state index in [1.165, 1.54) is 24.3 Å². The van der Waals surface area contributed by atoms with Gasteiger partial charge in [0.25, 0.3) is 11.8 Å². The van der Waals surface area contributed by atoms with Gasteiger partial charge in [0, 0.05) is 18.2 Å². The Balaban J connectivity index is 1.61. The maximum Gasteiger partial charge on any atom is 0.387 e. The highest BCUT2D eigenvalue weighted by atomic mass is 19.3. The van der Waals surface area contributed by atoms with E-state index >= 15 is 0 Å². The molecule has 35 heavy (non-hydrogen) atoms. The van der Waals surface area contributed by atoms with Crippen LogP contribution in [0.5, 0.6) is 5.75 Å². The minimum atomic E-state index is -2.95. The SMILES string of the molecule is CC(NC(=O)c1cc(C(=O)NCc2cccc(OC(F)F)c2)ncn1)c1ccc(/C(N)=N/N)cc1. The van der Waals surface area contributed by atoms with Crippen LogP contribution in [0.1, 0.15) is 50.6 Å². The zero-order valence-electron chi connectivity index (χ0n) is 18.6. The Labute approximate surface area is 199 Å². The summed E-state index contributed by atoms with van der Waals surface area (Å²) >= 11 is 0. The Hall–Kier alpha value is -4.61. The molecule has 6 N–H and O–H groups in total. The molecular formula is C23H23F2N7O3. The zero-order valence-corrected chi connectivity index (χ0v) is 18.6. The highest BCUT2D eigenvalue weighted by molar-refractivity contribution is 5.98. The number of ether oxygens (including phenoxy) is 1. The largest absolute Gasteiger partial charge is 0.435 e. The molecule has 0 saturated carbocycles. The van der Waals surface area contributed by atoms with Gasteiger partial charge >= 0.3 is 6.61 Å². The normalized spacial score (nSPS) is 12.2. The molecule has 12 heteroatoms. The van der Waals surface area contributed by atoms with E-state index in [4.69, 9.17) is 11.6 Å². The van der Waals surface area contributed by atoms with E-state index in [1.807, 2.05) is 0 Å². The summed E-state index contributed by atoms with van der Waals surface area (Å²) in [5, 5.41) is 8.85. The number of carbonyl (C=O) groups excluding carboxylic acids is 2. The zero-order chi connectivity index (χ0) is 25.4. The number of aromatic nitrogens is 2. The first-order valence-electron chi connectivity index (χ1n) is 10.4. The molecule has 2 amide bonds. The molecule has 2 aromatic carbocycles. The van der Waals surface area contributed by atoms with Gasteiger partial charge in [0.15, 0.2) is 0 Å². The fourth-order valence-corrected chi connectivity index (χ4v) is 3.08. The van der Waals surface area contributed by atoms with Gasteiger partial charge in [0.1, 0.15) is 29.3 Å². The van der Waals surface area contributed by atoms with Crippen LogP contribution < -0.4 is 26.9 Å². The number of halogens is 2. The second-order valence-electron chi connectivity index (χ2n) is 7.33. The third-order valence-corrected chi connectivity index (χ3v) is 4.90. The van der Waals surface area contributed by atoms with Crippen molar-refractivity contribution in [2.75, 3.05) is 0 Å². The Bertz CT molecular complexity index is 1220. The molecule has 0 saturated heterocycles. The lowest BCUT2D eigenvalue weighted by molar-refractivity contribution is -0.0498. The molecule has 0 spiro atoms. The lowest BCUT2D eigenvalue weighted by atomic mass is 10.1. The summed E-state index contributed by atoms with van der Waals surface area (Å²) in [5.41, 5.74) is 7.64. The number of nitrogens with zero attached hydrogens (tertiary/aromatic N) is 3. The second-order valence-corrected chi connectivity index (χ2v) is 7.33. The molecule has 1 heterocycles. The number of amides is 2. The van der Waals surface area contributed by atoms with Crippen molar-refractivity contribution in [3.05, 3.63) is 89.0 Å². The minimum Gasteiger partial charge on any atom is -0.435 e. The van der Waals surface area contributed by atoms with Crippen molar-refractivity contribution in [2.24, 2.45) is 16.7 Å². The molecule has 0 aliphatic rings. The summed E-state index contributed by atoms with van der Waals surface area (Å²) in [6, 6.07) is 13.8. The van der Waals surface area contributed by atoms with Gasteiger partial charge in [-0.1, -0.05) is 36.4 Å². The van der Waals surface area contributed by atoms with E-state index < -0.39 is 18.4 Å². The summed E-state index contributed by atoms with van der Waals surface area (Å²) in [4.78, 5) is 33.0. The molecule has 0 bridgehead atoms. The van der Waals surface area contributed by atoms with E-state index in [0.717, 1.165) is 11.9 Å². The number of nitrogens with two attached hydrogens (primary N) is 2. The summed E-state index contributed by atoms with van der Waals surface area (Å²) in [7, 11) is 0. The number of hydrogen-bond donors (Lipinski definition) is 4. The van der Waals surface area contributed by atoms with Crippen molar-refractivity contribution in [3.8, 4) is 5.75 Å². The van der Waals surface area contributed by atoms with Crippen molar-refractivity contribution in [2.45, 2.75) is 26.1 Å². The lowest BCUT2D eigenvalue weighted by Gasteiger charge is -2.15. The molecule has 3 aromatic rings. The number of rotatable bonds is 9. The Morgan fingerprint density at radius 2 is 1.74 bits per heavy atom. The molecule has 0 fully saturated rings. The van der Waals surface area contributed by atoms with Crippen LogP contribution in [0.25, 0.3) is 0 Å². The van der Waals surface area contributed by atoms with Gasteiger partial charge in [0.05, 0.1) is 6.04 Å². The Kier molecular flexibility index (Phi) is 8.22. The van der Waals surface area contributed by atoms with Gasteiger partial charge in [-0.15, -0.1) is 0 Å². The fraction of sp³-hybridized carbons (Fsp3) is 0.174. The van der Waals surface area contributed by atoms with Gasteiger partial charge in [-0.25, -0.2) is 9.97 Å². The first kappa shape index (κ1) is 25.0. The summed E-state index contributed by atoms with van der Waals surface area (Å²) in [6.07, 6.45) is 1.11. The van der Waals surface area contributed by atoms with E-state index in [9.17, 15) is 18.4 Å². The number of benzene rings is 2. The van der Waals surface area contributed by atoms with Crippen molar-refractivity contribution in [1.29, 1.82) is 0 Å². The highest BCUT2D eigenvalue weighted by Gasteiger charge is 2.16. The summed E-state index contributed by atoms with van der Waals surface area (Å²) in [5.74, 6) is 4.27. The molecule has 182 valence electrons. The van der Waals surface area contributed by atoms with Crippen molar-refractivity contribution < 1.29 is 23.1 Å². The number of nitrogens with one attached hydrogen (secondary N) is 2. The number of carbonyl (C=O) groups is 2. The fourth-order valence-electron chi connectivity index (χ4n) is 3.08. The Morgan fingerprint density at radius 1 is 1.06 bits per heavy atom. The number of hydrazone groups is 1. The average Bonchev–Trinajstić information content (AvgIpc) is 2.86. The van der Waals surface area contributed by atoms with Gasteiger partial charge < -0.3 is 26.9 Å². The van der Waals surface area contributed by atoms with E-state index in [1.54, 1.807) is 37.3 Å². The van der Waals surface area contributed by atoms with Gasteiger partial charge in [-0.3, -0.25) is 9.59 Å². The van der Waals surface area contributed by atoms with Gasteiger partial charge in [-0.05, 0) is 30.2 Å². The number of alkyl halides is 2. The molecule has 3 rings (SSSR count). The van der Waals surface area contributed by atoms with Crippen LogP contribution in [-0.4, -0.2) is 34.2 Å². The van der Waals surface area contributed by atoms with Gasteiger partial charge in [0.2, 0.25) is 0 Å². The predicted octanol–water partition coefficient (Wildman–Crippen LogP) is 2.08. The van der Waals surface area contributed by atoms with Crippen LogP contribution in [0, 0.1) is 0 Å². The smallest absolute Gasteiger partial charge is 0.387 e. The average molecular weight is 483 g/mol. The summed E-state index contributed by atoms with van der Waals surface area (Å²) in [6.45, 7) is -1.12. The predicted molar refractivity (Wildman–Crippen MR) is 124 cm³/mol. The van der Waals surface area contributed by atoms with Crippen molar-refractivity contribution >= 4 is 17.6 Å². The first-order chi connectivity index (χ1) is 16.8. The Morgan fingerprint density at radius 3 is 2.40 bits per heavy atom. The van der Waals surface area contributed by atoms with Crippen molar-refractivity contribution in [3.63, 3.8) is 0 Å². The third kappa shape index (κ3) is 6.93. The molecule has 1 aromatic heterocycles. The molecular weight excluding hydrogens is 460 g/mol. The molecule has 0 radical (unpaired) electrons. The van der Waals surface area contributed by atoms with Crippen LogP contribution in [-0.2, 0) is 6.54 Å². The topological polar surface area (TPSA) is 158 Å². The summed E-state index contributed by atoms with van der Waals surface area (Å²) < 4.78 is 29.1. The van der Waals surface area contributed by atoms with Crippen LogP contribution >= 0.6 is 0 Å². The first-order valence-corrected chi connectivity index (χ1v) is 10.4. The highest BCUT2D eigenvalue weighted by Crippen LogP contribution is 2.16. The molecule has 0 aliphatic carbocycles. The molecule has 10 nitrogen and oxygen atoms in total. The van der Waals surface area contributed by atoms with Crippen LogP contribution in [0.2, 0.25) is 0 Å². The molecule has 1 unspecified atom stereocenters. The molecule has 1 atom stereocenters. The third-order valence-electron chi connectivity index (χ3n) is 4.90. The lowest BCUT2D eigenvalue weighted by Crippen LogP contribution is -2.29.